The second kappa shape index (κ2) is 4.01. The average molecular weight is 248 g/mol. The van der Waals surface area contributed by atoms with Crippen LogP contribution < -0.4 is 10.2 Å². The van der Waals surface area contributed by atoms with Crippen LogP contribution in [0.1, 0.15) is 24.2 Å². The van der Waals surface area contributed by atoms with E-state index in [9.17, 15) is 9.59 Å². The molecule has 1 heterocycles. The summed E-state index contributed by atoms with van der Waals surface area (Å²) in [6, 6.07) is 4.75. The molecule has 0 saturated heterocycles. The SMILES string of the molecule is CN1C(=O)C(C)(C)CNc2ccc(C(=O)O)cc21. The van der Waals surface area contributed by atoms with Crippen molar-refractivity contribution in [2.75, 3.05) is 23.8 Å². The molecule has 0 atom stereocenters. The molecule has 2 rings (SSSR count). The Balaban J connectivity index is 2.52. The monoisotopic (exact) mass is 248 g/mol. The number of rotatable bonds is 1. The van der Waals surface area contributed by atoms with Gasteiger partial charge < -0.3 is 15.3 Å². The van der Waals surface area contributed by atoms with E-state index in [2.05, 4.69) is 5.32 Å². The number of aromatic carboxylic acids is 1. The van der Waals surface area contributed by atoms with Gasteiger partial charge in [-0.3, -0.25) is 4.79 Å². The minimum atomic E-state index is -0.998. The molecule has 96 valence electrons. The predicted octanol–water partition coefficient (Wildman–Crippen LogP) is 1.80. The number of carboxylic acid groups (broad SMARTS) is 1. The highest BCUT2D eigenvalue weighted by atomic mass is 16.4. The Kier molecular flexibility index (Phi) is 2.77. The molecule has 0 bridgehead atoms. The van der Waals surface area contributed by atoms with Gasteiger partial charge in [0.1, 0.15) is 0 Å². The summed E-state index contributed by atoms with van der Waals surface area (Å²) in [6.45, 7) is 4.25. The molecule has 1 aliphatic heterocycles. The van der Waals surface area contributed by atoms with Gasteiger partial charge in [-0.1, -0.05) is 0 Å². The fourth-order valence-electron chi connectivity index (χ4n) is 2.05. The molecule has 18 heavy (non-hydrogen) atoms. The molecule has 0 aliphatic carbocycles. The number of hydrogen-bond acceptors (Lipinski definition) is 3. The van der Waals surface area contributed by atoms with E-state index in [0.29, 0.717) is 12.2 Å². The average Bonchev–Trinajstić information content (AvgIpc) is 2.41. The van der Waals surface area contributed by atoms with Crippen LogP contribution in [-0.2, 0) is 4.79 Å². The van der Waals surface area contributed by atoms with Gasteiger partial charge in [-0.15, -0.1) is 0 Å². The molecule has 2 N–H and O–H groups in total. The Hall–Kier alpha value is -2.04. The van der Waals surface area contributed by atoms with Crippen molar-refractivity contribution in [3.8, 4) is 0 Å². The fraction of sp³-hybridized carbons (Fsp3) is 0.385. The largest absolute Gasteiger partial charge is 0.478 e. The van der Waals surface area contributed by atoms with Crippen LogP contribution in [0.15, 0.2) is 18.2 Å². The number of anilines is 2. The number of amides is 1. The number of hydrogen-bond donors (Lipinski definition) is 2. The second-order valence-electron chi connectivity index (χ2n) is 5.14. The lowest BCUT2D eigenvalue weighted by atomic mass is 9.92. The number of carbonyl (C=O) groups excluding carboxylic acids is 1. The third-order valence-electron chi connectivity index (χ3n) is 3.21. The molecular weight excluding hydrogens is 232 g/mol. The lowest BCUT2D eigenvalue weighted by Crippen LogP contribution is -2.40. The lowest BCUT2D eigenvalue weighted by Gasteiger charge is -2.25. The van der Waals surface area contributed by atoms with Crippen LogP contribution in [0, 0.1) is 5.41 Å². The highest BCUT2D eigenvalue weighted by Crippen LogP contribution is 2.34. The van der Waals surface area contributed by atoms with E-state index >= 15 is 0 Å². The maximum Gasteiger partial charge on any atom is 0.335 e. The smallest absolute Gasteiger partial charge is 0.335 e. The number of nitrogens with one attached hydrogen (secondary N) is 1. The molecule has 0 fully saturated rings. The van der Waals surface area contributed by atoms with E-state index in [-0.39, 0.29) is 11.5 Å². The Morgan fingerprint density at radius 2 is 2.11 bits per heavy atom. The van der Waals surface area contributed by atoms with Crippen LogP contribution in [0.2, 0.25) is 0 Å². The van der Waals surface area contributed by atoms with Gasteiger partial charge in [-0.25, -0.2) is 4.79 Å². The molecule has 1 aromatic carbocycles. The van der Waals surface area contributed by atoms with Gasteiger partial charge in [-0.05, 0) is 32.0 Å². The number of fused-ring (bicyclic) bond motifs is 1. The summed E-state index contributed by atoms with van der Waals surface area (Å²) >= 11 is 0. The van der Waals surface area contributed by atoms with Crippen molar-refractivity contribution in [3.05, 3.63) is 23.8 Å². The van der Waals surface area contributed by atoms with Crippen LogP contribution in [0.5, 0.6) is 0 Å². The summed E-state index contributed by atoms with van der Waals surface area (Å²) in [6.07, 6.45) is 0. The zero-order valence-electron chi connectivity index (χ0n) is 10.7. The Morgan fingerprint density at radius 1 is 1.44 bits per heavy atom. The van der Waals surface area contributed by atoms with E-state index in [1.165, 1.54) is 17.0 Å². The maximum absolute atomic E-state index is 12.2. The predicted molar refractivity (Wildman–Crippen MR) is 69.1 cm³/mol. The zero-order chi connectivity index (χ0) is 13.5. The lowest BCUT2D eigenvalue weighted by molar-refractivity contribution is -0.125. The Morgan fingerprint density at radius 3 is 2.72 bits per heavy atom. The van der Waals surface area contributed by atoms with E-state index < -0.39 is 11.4 Å². The third kappa shape index (κ3) is 1.92. The first-order valence-electron chi connectivity index (χ1n) is 5.72. The molecule has 0 spiro atoms. The third-order valence-corrected chi connectivity index (χ3v) is 3.21. The first-order valence-corrected chi connectivity index (χ1v) is 5.72. The van der Waals surface area contributed by atoms with Gasteiger partial charge >= 0.3 is 5.97 Å². The van der Waals surface area contributed by atoms with Crippen molar-refractivity contribution in [1.82, 2.24) is 0 Å². The van der Waals surface area contributed by atoms with Crippen LogP contribution in [0.25, 0.3) is 0 Å². The Bertz CT molecular complexity index is 523. The molecule has 1 aliphatic rings. The molecule has 5 nitrogen and oxygen atoms in total. The van der Waals surface area contributed by atoms with Crippen LogP contribution in [-0.4, -0.2) is 30.6 Å². The van der Waals surface area contributed by atoms with Gasteiger partial charge in [0.2, 0.25) is 5.91 Å². The number of nitrogens with zero attached hydrogens (tertiary/aromatic N) is 1. The molecule has 1 aromatic rings. The highest BCUT2D eigenvalue weighted by molar-refractivity contribution is 6.02. The normalized spacial score (nSPS) is 17.7. The van der Waals surface area contributed by atoms with E-state index in [1.54, 1.807) is 13.1 Å². The second-order valence-corrected chi connectivity index (χ2v) is 5.14. The summed E-state index contributed by atoms with van der Waals surface area (Å²) in [5.74, 6) is -1.03. The number of carboxylic acids is 1. The standard InChI is InChI=1S/C13H16N2O3/c1-13(2)7-14-9-5-4-8(11(16)17)6-10(9)15(3)12(13)18/h4-6,14H,7H2,1-3H3,(H,16,17). The van der Waals surface area contributed by atoms with Crippen molar-refractivity contribution >= 4 is 23.3 Å². The molecule has 0 unspecified atom stereocenters. The van der Waals surface area contributed by atoms with E-state index in [4.69, 9.17) is 5.11 Å². The quantitative estimate of drug-likeness (QED) is 0.795. The number of benzene rings is 1. The van der Waals surface area contributed by atoms with Gasteiger partial charge in [0.25, 0.3) is 0 Å². The van der Waals surface area contributed by atoms with Crippen molar-refractivity contribution in [3.63, 3.8) is 0 Å². The summed E-state index contributed by atoms with van der Waals surface area (Å²) in [4.78, 5) is 24.7. The molecule has 0 radical (unpaired) electrons. The summed E-state index contributed by atoms with van der Waals surface area (Å²) in [5.41, 5.74) is 1.04. The van der Waals surface area contributed by atoms with Crippen molar-refractivity contribution in [1.29, 1.82) is 0 Å². The highest BCUT2D eigenvalue weighted by Gasteiger charge is 2.34. The summed E-state index contributed by atoms with van der Waals surface area (Å²) < 4.78 is 0. The first kappa shape index (κ1) is 12.4. The van der Waals surface area contributed by atoms with Gasteiger partial charge in [0, 0.05) is 13.6 Å². The number of carbonyl (C=O) groups is 2. The molecule has 5 heteroatoms. The molecular formula is C13H16N2O3. The fourth-order valence-corrected chi connectivity index (χ4v) is 2.05. The Labute approximate surface area is 105 Å². The van der Waals surface area contributed by atoms with E-state index in [1.807, 2.05) is 13.8 Å². The van der Waals surface area contributed by atoms with Crippen LogP contribution >= 0.6 is 0 Å². The van der Waals surface area contributed by atoms with Crippen LogP contribution in [0.3, 0.4) is 0 Å². The molecule has 0 saturated carbocycles. The molecule has 0 aromatic heterocycles. The van der Waals surface area contributed by atoms with Crippen molar-refractivity contribution in [2.45, 2.75) is 13.8 Å². The molecule has 1 amide bonds. The zero-order valence-corrected chi connectivity index (χ0v) is 10.7. The van der Waals surface area contributed by atoms with E-state index in [0.717, 1.165) is 5.69 Å². The summed E-state index contributed by atoms with van der Waals surface area (Å²) in [5, 5.41) is 12.2. The topological polar surface area (TPSA) is 69.6 Å². The first-order chi connectivity index (χ1) is 8.33. The maximum atomic E-state index is 12.2. The minimum Gasteiger partial charge on any atom is -0.478 e. The van der Waals surface area contributed by atoms with Gasteiger partial charge in [0.05, 0.1) is 22.4 Å². The van der Waals surface area contributed by atoms with Crippen molar-refractivity contribution < 1.29 is 14.7 Å². The van der Waals surface area contributed by atoms with Crippen molar-refractivity contribution in [2.24, 2.45) is 5.41 Å². The van der Waals surface area contributed by atoms with Gasteiger partial charge in [0.15, 0.2) is 0 Å². The van der Waals surface area contributed by atoms with Gasteiger partial charge in [-0.2, -0.15) is 0 Å². The minimum absolute atomic E-state index is 0.0312. The van der Waals surface area contributed by atoms with Crippen LogP contribution in [0.4, 0.5) is 11.4 Å². The summed E-state index contributed by atoms with van der Waals surface area (Å²) in [7, 11) is 1.67.